The fourth-order valence-corrected chi connectivity index (χ4v) is 4.71. The predicted molar refractivity (Wildman–Crippen MR) is 136 cm³/mol. The van der Waals surface area contributed by atoms with Crippen LogP contribution in [0.2, 0.25) is 5.02 Å². The van der Waals surface area contributed by atoms with E-state index in [0.29, 0.717) is 18.0 Å². The van der Waals surface area contributed by atoms with Gasteiger partial charge in [0.05, 0.1) is 6.42 Å². The summed E-state index contributed by atoms with van der Waals surface area (Å²) in [5.41, 5.74) is 2.91. The topological polar surface area (TPSA) is 49.4 Å². The Labute approximate surface area is 206 Å². The summed E-state index contributed by atoms with van der Waals surface area (Å²) < 4.78 is 0. The summed E-state index contributed by atoms with van der Waals surface area (Å²) in [5.74, 6) is -0.148. The quantitative estimate of drug-likeness (QED) is 0.440. The van der Waals surface area contributed by atoms with Gasteiger partial charge in [-0.15, -0.1) is 0 Å². The van der Waals surface area contributed by atoms with E-state index >= 15 is 0 Å². The third-order valence-electron chi connectivity index (χ3n) is 6.44. The summed E-state index contributed by atoms with van der Waals surface area (Å²) in [5, 5.41) is 3.88. The fraction of sp³-hybridized carbons (Fsp3) is 0.310. The van der Waals surface area contributed by atoms with Crippen LogP contribution in [0, 0.1) is 0 Å². The van der Waals surface area contributed by atoms with Gasteiger partial charge in [0.1, 0.15) is 6.04 Å². The zero-order valence-corrected chi connectivity index (χ0v) is 20.1. The van der Waals surface area contributed by atoms with Gasteiger partial charge in [-0.25, -0.2) is 0 Å². The molecule has 1 aliphatic rings. The molecule has 3 aromatic rings. The number of carbonyl (C=O) groups is 2. The molecule has 0 aliphatic heterocycles. The first-order chi connectivity index (χ1) is 16.6. The van der Waals surface area contributed by atoms with Gasteiger partial charge in [-0.3, -0.25) is 9.59 Å². The number of rotatable bonds is 9. The van der Waals surface area contributed by atoms with Crippen LogP contribution in [0.25, 0.3) is 0 Å². The summed E-state index contributed by atoms with van der Waals surface area (Å²) >= 11 is 6.03. The van der Waals surface area contributed by atoms with Crippen molar-refractivity contribution in [3.63, 3.8) is 0 Å². The van der Waals surface area contributed by atoms with Crippen LogP contribution in [0.1, 0.15) is 42.4 Å². The number of benzene rings is 3. The van der Waals surface area contributed by atoms with Crippen molar-refractivity contribution >= 4 is 23.4 Å². The van der Waals surface area contributed by atoms with Crippen molar-refractivity contribution in [2.75, 3.05) is 0 Å². The third kappa shape index (κ3) is 6.71. The Bertz CT molecular complexity index is 1060. The van der Waals surface area contributed by atoms with Crippen LogP contribution in [0.3, 0.4) is 0 Å². The summed E-state index contributed by atoms with van der Waals surface area (Å²) in [7, 11) is 0. The van der Waals surface area contributed by atoms with Crippen molar-refractivity contribution in [3.05, 3.63) is 107 Å². The molecule has 34 heavy (non-hydrogen) atoms. The Balaban J connectivity index is 1.63. The fourth-order valence-electron chi connectivity index (χ4n) is 4.58. The lowest BCUT2D eigenvalue weighted by atomic mass is 10.0. The number of halogens is 1. The van der Waals surface area contributed by atoms with Crippen molar-refractivity contribution in [1.82, 2.24) is 10.2 Å². The molecule has 4 rings (SSSR count). The summed E-state index contributed by atoms with van der Waals surface area (Å²) in [4.78, 5) is 29.1. The highest BCUT2D eigenvalue weighted by Crippen LogP contribution is 2.21. The van der Waals surface area contributed by atoms with Gasteiger partial charge in [-0.1, -0.05) is 97.2 Å². The van der Waals surface area contributed by atoms with Crippen molar-refractivity contribution in [1.29, 1.82) is 0 Å². The molecule has 0 bridgehead atoms. The minimum atomic E-state index is -0.594. The Morgan fingerprint density at radius 2 is 1.41 bits per heavy atom. The maximum Gasteiger partial charge on any atom is 0.243 e. The van der Waals surface area contributed by atoms with Crippen molar-refractivity contribution in [2.24, 2.45) is 0 Å². The Morgan fingerprint density at radius 3 is 2.03 bits per heavy atom. The Kier molecular flexibility index (Phi) is 8.37. The van der Waals surface area contributed by atoms with Gasteiger partial charge < -0.3 is 10.2 Å². The van der Waals surface area contributed by atoms with Gasteiger partial charge in [0.15, 0.2) is 0 Å². The molecule has 0 saturated heterocycles. The molecule has 176 valence electrons. The maximum absolute atomic E-state index is 13.7. The van der Waals surface area contributed by atoms with Gasteiger partial charge in [0, 0.05) is 24.0 Å². The lowest BCUT2D eigenvalue weighted by Crippen LogP contribution is -2.52. The van der Waals surface area contributed by atoms with Crippen LogP contribution in [-0.4, -0.2) is 28.8 Å². The first kappa shape index (κ1) is 24.0. The van der Waals surface area contributed by atoms with E-state index < -0.39 is 6.04 Å². The molecule has 0 aromatic heterocycles. The van der Waals surface area contributed by atoms with Gasteiger partial charge >= 0.3 is 0 Å². The average molecular weight is 475 g/mol. The Morgan fingerprint density at radius 1 is 0.824 bits per heavy atom. The molecule has 1 saturated carbocycles. The molecular weight excluding hydrogens is 444 g/mol. The van der Waals surface area contributed by atoms with Gasteiger partial charge in [0.25, 0.3) is 0 Å². The second-order valence-electron chi connectivity index (χ2n) is 9.01. The molecule has 1 aliphatic carbocycles. The van der Waals surface area contributed by atoms with Crippen molar-refractivity contribution in [2.45, 2.75) is 57.2 Å². The van der Waals surface area contributed by atoms with E-state index in [-0.39, 0.29) is 24.3 Å². The van der Waals surface area contributed by atoms with Gasteiger partial charge in [0.2, 0.25) is 11.8 Å². The van der Waals surface area contributed by atoms with Crippen LogP contribution >= 0.6 is 11.6 Å². The van der Waals surface area contributed by atoms with Crippen LogP contribution < -0.4 is 5.32 Å². The molecule has 0 spiro atoms. The molecule has 0 unspecified atom stereocenters. The molecule has 1 fully saturated rings. The zero-order valence-electron chi connectivity index (χ0n) is 19.3. The molecule has 5 heteroatoms. The van der Waals surface area contributed by atoms with E-state index in [1.807, 2.05) is 72.8 Å². The first-order valence-electron chi connectivity index (χ1n) is 12.0. The summed E-state index contributed by atoms with van der Waals surface area (Å²) in [6, 6.07) is 26.7. The van der Waals surface area contributed by atoms with Gasteiger partial charge in [-0.05, 0) is 41.7 Å². The molecule has 0 heterocycles. The molecule has 2 amide bonds. The highest BCUT2D eigenvalue weighted by Gasteiger charge is 2.32. The van der Waals surface area contributed by atoms with E-state index in [4.69, 9.17) is 11.6 Å². The standard InChI is InChI=1S/C29H31ClN2O2/c30-25-17-15-23(16-18-25)20-28(33)32(21-24-11-5-2-6-12-24)27(19-22-9-3-1-4-10-22)29(34)31-26-13-7-8-14-26/h1-6,9-12,15-18,26-27H,7-8,13-14,19-21H2,(H,31,34)/t27-/m1/s1. The number of carbonyl (C=O) groups excluding carboxylic acids is 2. The molecular formula is C29H31ClN2O2. The van der Waals surface area contributed by atoms with Crippen LogP contribution in [-0.2, 0) is 29.0 Å². The van der Waals surface area contributed by atoms with E-state index in [1.54, 1.807) is 17.0 Å². The second kappa shape index (κ2) is 11.8. The molecule has 0 radical (unpaired) electrons. The number of amides is 2. The lowest BCUT2D eigenvalue weighted by Gasteiger charge is -2.32. The number of nitrogens with one attached hydrogen (secondary N) is 1. The van der Waals surface area contributed by atoms with Crippen LogP contribution in [0.4, 0.5) is 0 Å². The largest absolute Gasteiger partial charge is 0.352 e. The van der Waals surface area contributed by atoms with Crippen molar-refractivity contribution < 1.29 is 9.59 Å². The van der Waals surface area contributed by atoms with Crippen LogP contribution in [0.15, 0.2) is 84.9 Å². The van der Waals surface area contributed by atoms with Crippen LogP contribution in [0.5, 0.6) is 0 Å². The zero-order chi connectivity index (χ0) is 23.8. The number of hydrogen-bond donors (Lipinski definition) is 1. The van der Waals surface area contributed by atoms with E-state index in [1.165, 1.54) is 0 Å². The first-order valence-corrected chi connectivity index (χ1v) is 12.4. The highest BCUT2D eigenvalue weighted by molar-refractivity contribution is 6.30. The smallest absolute Gasteiger partial charge is 0.243 e. The predicted octanol–water partition coefficient (Wildman–Crippen LogP) is 5.58. The Hall–Kier alpha value is -3.11. The molecule has 4 nitrogen and oxygen atoms in total. The number of nitrogens with zero attached hydrogens (tertiary/aromatic N) is 1. The molecule has 1 atom stereocenters. The monoisotopic (exact) mass is 474 g/mol. The molecule has 1 N–H and O–H groups in total. The van der Waals surface area contributed by atoms with E-state index in [0.717, 1.165) is 42.4 Å². The van der Waals surface area contributed by atoms with E-state index in [2.05, 4.69) is 5.32 Å². The molecule has 3 aromatic carbocycles. The normalized spacial score (nSPS) is 14.5. The maximum atomic E-state index is 13.7. The lowest BCUT2D eigenvalue weighted by molar-refractivity contribution is -0.141. The minimum Gasteiger partial charge on any atom is -0.352 e. The average Bonchev–Trinajstić information content (AvgIpc) is 3.37. The highest BCUT2D eigenvalue weighted by atomic mass is 35.5. The van der Waals surface area contributed by atoms with E-state index in [9.17, 15) is 9.59 Å². The van der Waals surface area contributed by atoms with Crippen molar-refractivity contribution in [3.8, 4) is 0 Å². The summed E-state index contributed by atoms with van der Waals surface area (Å²) in [6.07, 6.45) is 4.96. The summed E-state index contributed by atoms with van der Waals surface area (Å²) in [6.45, 7) is 0.378. The SMILES string of the molecule is O=C(NC1CCCC1)[C@@H](Cc1ccccc1)N(Cc1ccccc1)C(=O)Cc1ccc(Cl)cc1. The van der Waals surface area contributed by atoms with Gasteiger partial charge in [-0.2, -0.15) is 0 Å². The second-order valence-corrected chi connectivity index (χ2v) is 9.44. The minimum absolute atomic E-state index is 0.0730. The third-order valence-corrected chi connectivity index (χ3v) is 6.69. The number of hydrogen-bond acceptors (Lipinski definition) is 2.